The van der Waals surface area contributed by atoms with Gasteiger partial charge in [-0.2, -0.15) is 0 Å². The van der Waals surface area contributed by atoms with Crippen molar-refractivity contribution in [3.8, 4) is 0 Å². The first-order valence-electron chi connectivity index (χ1n) is 8.27. The zero-order chi connectivity index (χ0) is 17.6. The van der Waals surface area contributed by atoms with Gasteiger partial charge in [0.1, 0.15) is 5.82 Å². The van der Waals surface area contributed by atoms with Gasteiger partial charge in [0.15, 0.2) is 0 Å². The van der Waals surface area contributed by atoms with E-state index in [0.29, 0.717) is 17.1 Å². The number of hydrogen-bond donors (Lipinski definition) is 2. The highest BCUT2D eigenvalue weighted by molar-refractivity contribution is 9.10. The van der Waals surface area contributed by atoms with E-state index in [1.165, 1.54) is 0 Å². The van der Waals surface area contributed by atoms with Gasteiger partial charge >= 0.3 is 0 Å². The summed E-state index contributed by atoms with van der Waals surface area (Å²) in [6.07, 6.45) is 2.40. The van der Waals surface area contributed by atoms with Crippen molar-refractivity contribution < 1.29 is 4.79 Å². The minimum absolute atomic E-state index is 0.117. The molecule has 1 aromatic carbocycles. The fourth-order valence-corrected chi connectivity index (χ4v) is 3.46. The molecule has 0 bridgehead atoms. The van der Waals surface area contributed by atoms with Gasteiger partial charge in [0.25, 0.3) is 5.91 Å². The standard InChI is InChI=1S/C18H20BrClN4O/c19-16-11-14(12-23-17(16)24-9-7-21-8-10-24)18(25)22-6-5-13-1-3-15(20)4-2-13/h1-4,11-12,21H,5-10H2,(H,22,25). The molecule has 0 aliphatic carbocycles. The molecule has 1 fully saturated rings. The second-order valence-electron chi connectivity index (χ2n) is 5.90. The molecule has 1 aliphatic rings. The number of amides is 1. The Morgan fingerprint density at radius 2 is 2.00 bits per heavy atom. The van der Waals surface area contributed by atoms with Crippen molar-refractivity contribution in [3.05, 3.63) is 57.2 Å². The number of halogens is 2. The Labute approximate surface area is 160 Å². The van der Waals surface area contributed by atoms with Crippen LogP contribution < -0.4 is 15.5 Å². The van der Waals surface area contributed by atoms with Crippen LogP contribution in [-0.4, -0.2) is 43.6 Å². The van der Waals surface area contributed by atoms with Crippen LogP contribution in [0.15, 0.2) is 41.0 Å². The molecule has 2 N–H and O–H groups in total. The maximum absolute atomic E-state index is 12.3. The molecule has 7 heteroatoms. The second kappa shape index (κ2) is 8.65. The lowest BCUT2D eigenvalue weighted by Gasteiger charge is -2.29. The Morgan fingerprint density at radius 3 is 2.68 bits per heavy atom. The molecule has 2 heterocycles. The number of aromatic nitrogens is 1. The highest BCUT2D eigenvalue weighted by atomic mass is 79.9. The van der Waals surface area contributed by atoms with Crippen LogP contribution in [0.3, 0.4) is 0 Å². The van der Waals surface area contributed by atoms with Crippen LogP contribution in [0.2, 0.25) is 5.02 Å². The van der Waals surface area contributed by atoms with E-state index >= 15 is 0 Å². The number of pyridine rings is 1. The summed E-state index contributed by atoms with van der Waals surface area (Å²) in [4.78, 5) is 19.0. The molecule has 25 heavy (non-hydrogen) atoms. The van der Waals surface area contributed by atoms with Crippen LogP contribution in [0, 0.1) is 0 Å². The third-order valence-electron chi connectivity index (χ3n) is 4.11. The van der Waals surface area contributed by atoms with Gasteiger partial charge in [-0.15, -0.1) is 0 Å². The molecule has 1 aliphatic heterocycles. The van der Waals surface area contributed by atoms with E-state index in [9.17, 15) is 4.79 Å². The Kier molecular flexibility index (Phi) is 6.29. The molecule has 0 atom stereocenters. The highest BCUT2D eigenvalue weighted by Gasteiger charge is 2.16. The Morgan fingerprint density at radius 1 is 1.28 bits per heavy atom. The predicted molar refractivity (Wildman–Crippen MR) is 105 cm³/mol. The number of nitrogens with zero attached hydrogens (tertiary/aromatic N) is 2. The summed E-state index contributed by atoms with van der Waals surface area (Å²) >= 11 is 9.42. The summed E-state index contributed by atoms with van der Waals surface area (Å²) in [6, 6.07) is 9.48. The first-order valence-corrected chi connectivity index (χ1v) is 9.44. The van der Waals surface area contributed by atoms with Gasteiger partial charge in [0.05, 0.1) is 10.0 Å². The van der Waals surface area contributed by atoms with Gasteiger partial charge in [-0.3, -0.25) is 4.79 Å². The zero-order valence-electron chi connectivity index (χ0n) is 13.8. The average Bonchev–Trinajstić information content (AvgIpc) is 2.64. The Balaban J connectivity index is 1.56. The molecule has 2 aromatic rings. The number of rotatable bonds is 5. The minimum Gasteiger partial charge on any atom is -0.353 e. The van der Waals surface area contributed by atoms with Crippen molar-refractivity contribution in [2.24, 2.45) is 0 Å². The molecule has 0 unspecified atom stereocenters. The third kappa shape index (κ3) is 4.93. The van der Waals surface area contributed by atoms with Gasteiger partial charge in [-0.1, -0.05) is 23.7 Å². The average molecular weight is 424 g/mol. The smallest absolute Gasteiger partial charge is 0.252 e. The van der Waals surface area contributed by atoms with E-state index in [-0.39, 0.29) is 5.91 Å². The minimum atomic E-state index is -0.117. The lowest BCUT2D eigenvalue weighted by molar-refractivity contribution is 0.0953. The van der Waals surface area contributed by atoms with E-state index in [2.05, 4.69) is 36.4 Å². The number of piperazine rings is 1. The van der Waals surface area contributed by atoms with E-state index in [4.69, 9.17) is 11.6 Å². The number of anilines is 1. The lowest BCUT2D eigenvalue weighted by Crippen LogP contribution is -2.44. The van der Waals surface area contributed by atoms with Crippen molar-refractivity contribution in [3.63, 3.8) is 0 Å². The molecular weight excluding hydrogens is 404 g/mol. The lowest BCUT2D eigenvalue weighted by atomic mass is 10.1. The summed E-state index contributed by atoms with van der Waals surface area (Å²) in [5, 5.41) is 6.96. The van der Waals surface area contributed by atoms with Crippen molar-refractivity contribution >= 4 is 39.3 Å². The third-order valence-corrected chi connectivity index (χ3v) is 4.95. The molecule has 3 rings (SSSR count). The molecule has 132 valence electrons. The second-order valence-corrected chi connectivity index (χ2v) is 7.19. The molecule has 0 saturated carbocycles. The quantitative estimate of drug-likeness (QED) is 0.776. The van der Waals surface area contributed by atoms with Crippen LogP contribution in [0.1, 0.15) is 15.9 Å². The summed E-state index contributed by atoms with van der Waals surface area (Å²) in [5.74, 6) is 0.772. The van der Waals surface area contributed by atoms with Crippen LogP contribution in [0.4, 0.5) is 5.82 Å². The molecule has 0 radical (unpaired) electrons. The molecule has 1 saturated heterocycles. The van der Waals surface area contributed by atoms with Gasteiger partial charge in [-0.05, 0) is 46.1 Å². The SMILES string of the molecule is O=C(NCCc1ccc(Cl)cc1)c1cnc(N2CCNCC2)c(Br)c1. The topological polar surface area (TPSA) is 57.3 Å². The molecule has 5 nitrogen and oxygen atoms in total. The summed E-state index contributed by atoms with van der Waals surface area (Å²) in [6.45, 7) is 4.29. The van der Waals surface area contributed by atoms with E-state index < -0.39 is 0 Å². The van der Waals surface area contributed by atoms with Crippen molar-refractivity contribution in [1.29, 1.82) is 0 Å². The fraction of sp³-hybridized carbons (Fsp3) is 0.333. The number of carbonyl (C=O) groups excluding carboxylic acids is 1. The number of carbonyl (C=O) groups is 1. The van der Waals surface area contributed by atoms with Crippen molar-refractivity contribution in [2.75, 3.05) is 37.6 Å². The van der Waals surface area contributed by atoms with Gasteiger partial charge < -0.3 is 15.5 Å². The first kappa shape index (κ1) is 18.2. The molecule has 1 aromatic heterocycles. The summed E-state index contributed by atoms with van der Waals surface area (Å²) in [7, 11) is 0. The van der Waals surface area contributed by atoms with Gasteiger partial charge in [0.2, 0.25) is 0 Å². The van der Waals surface area contributed by atoms with E-state index in [0.717, 1.165) is 48.5 Å². The maximum Gasteiger partial charge on any atom is 0.252 e. The Bertz CT molecular complexity index is 732. The molecule has 0 spiro atoms. The molecular formula is C18H20BrClN4O. The maximum atomic E-state index is 12.3. The van der Waals surface area contributed by atoms with Crippen molar-refractivity contribution in [2.45, 2.75) is 6.42 Å². The Hall–Kier alpha value is -1.63. The predicted octanol–water partition coefficient (Wildman–Crippen LogP) is 2.88. The normalized spacial score (nSPS) is 14.4. The number of nitrogens with one attached hydrogen (secondary N) is 2. The van der Waals surface area contributed by atoms with Crippen LogP contribution in [0.25, 0.3) is 0 Å². The van der Waals surface area contributed by atoms with Crippen molar-refractivity contribution in [1.82, 2.24) is 15.6 Å². The number of hydrogen-bond acceptors (Lipinski definition) is 4. The largest absolute Gasteiger partial charge is 0.353 e. The number of benzene rings is 1. The van der Waals surface area contributed by atoms with Crippen LogP contribution >= 0.6 is 27.5 Å². The highest BCUT2D eigenvalue weighted by Crippen LogP contribution is 2.25. The van der Waals surface area contributed by atoms with E-state index in [1.807, 2.05) is 30.3 Å². The van der Waals surface area contributed by atoms with Crippen LogP contribution in [0.5, 0.6) is 0 Å². The zero-order valence-corrected chi connectivity index (χ0v) is 16.1. The first-order chi connectivity index (χ1) is 12.1. The van der Waals surface area contributed by atoms with Gasteiger partial charge in [0, 0.05) is 43.9 Å². The van der Waals surface area contributed by atoms with Crippen LogP contribution in [-0.2, 0) is 6.42 Å². The van der Waals surface area contributed by atoms with Gasteiger partial charge in [-0.25, -0.2) is 4.98 Å². The van der Waals surface area contributed by atoms with E-state index in [1.54, 1.807) is 6.20 Å². The fourth-order valence-electron chi connectivity index (χ4n) is 2.74. The molecule has 1 amide bonds. The summed E-state index contributed by atoms with van der Waals surface area (Å²) in [5.41, 5.74) is 1.69. The monoisotopic (exact) mass is 422 g/mol. The summed E-state index contributed by atoms with van der Waals surface area (Å²) < 4.78 is 0.847.